The molecule has 2 aliphatic rings. The minimum absolute atomic E-state index is 0.0676. The van der Waals surface area contributed by atoms with Crippen LogP contribution >= 0.6 is 0 Å². The van der Waals surface area contributed by atoms with Crippen LogP contribution in [-0.2, 0) is 20.9 Å². The second-order valence-electron chi connectivity index (χ2n) is 10.8. The molecule has 9 nitrogen and oxygen atoms in total. The number of likely N-dealkylation sites (tertiary alicyclic amines) is 1. The highest BCUT2D eigenvalue weighted by Crippen LogP contribution is 2.31. The zero-order valence-corrected chi connectivity index (χ0v) is 23.2. The topological polar surface area (TPSA) is 101 Å². The summed E-state index contributed by atoms with van der Waals surface area (Å²) in [4.78, 5) is 48.1. The summed E-state index contributed by atoms with van der Waals surface area (Å²) < 4.78 is 11.1. The molecule has 0 saturated carbocycles. The van der Waals surface area contributed by atoms with E-state index in [9.17, 15) is 14.4 Å². The first kappa shape index (κ1) is 28.1. The number of nitrogens with zero attached hydrogens (tertiary/aromatic N) is 3. The Morgan fingerprint density at radius 3 is 2.49 bits per heavy atom. The zero-order valence-electron chi connectivity index (χ0n) is 23.2. The lowest BCUT2D eigenvalue weighted by molar-refractivity contribution is -0.120. The Bertz CT molecular complexity index is 1210. The van der Waals surface area contributed by atoms with E-state index < -0.39 is 30.0 Å². The Hall–Kier alpha value is -3.88. The molecule has 0 aromatic heterocycles. The number of carbonyl (C=O) groups is 3. The molecule has 208 valence electrons. The Labute approximate surface area is 230 Å². The van der Waals surface area contributed by atoms with Crippen molar-refractivity contribution in [1.29, 1.82) is 0 Å². The molecule has 1 saturated heterocycles. The van der Waals surface area contributed by atoms with Crippen LogP contribution in [0.25, 0.3) is 0 Å². The number of aliphatic imine (C=N–C) groups is 1. The van der Waals surface area contributed by atoms with Crippen molar-refractivity contribution in [3.63, 3.8) is 0 Å². The van der Waals surface area contributed by atoms with Gasteiger partial charge in [0.15, 0.2) is 0 Å². The summed E-state index contributed by atoms with van der Waals surface area (Å²) in [6, 6.07) is 16.5. The minimum Gasteiger partial charge on any atom is -0.445 e. The highest BCUT2D eigenvalue weighted by Gasteiger charge is 2.39. The maximum atomic E-state index is 13.8. The largest absolute Gasteiger partial charge is 0.445 e. The number of fused-ring (bicyclic) bond motifs is 1. The van der Waals surface area contributed by atoms with Crippen LogP contribution in [0, 0.1) is 0 Å². The number of hydrogen-bond donors (Lipinski definition) is 1. The number of benzene rings is 2. The fourth-order valence-corrected chi connectivity index (χ4v) is 4.90. The summed E-state index contributed by atoms with van der Waals surface area (Å²) in [5.74, 6) is -0.351. The number of ether oxygens (including phenoxy) is 2. The number of benzodiazepines with no additional fused rings is 1. The van der Waals surface area contributed by atoms with Crippen molar-refractivity contribution in [1.82, 2.24) is 10.2 Å². The summed E-state index contributed by atoms with van der Waals surface area (Å²) in [7, 11) is 0. The molecule has 39 heavy (non-hydrogen) atoms. The van der Waals surface area contributed by atoms with Crippen LogP contribution in [0.2, 0.25) is 0 Å². The standard InChI is InChI=1S/C30H38N4O5/c1-5-18-33-23-16-10-9-15-22(23)25(24-17-11-12-19-34(24)29(37)39-30(2,3)4)31-26(27(33)35)32-28(36)38-20-21-13-7-6-8-14-21/h6-10,13-16,24,26H,5,11-12,17-20H2,1-4H3,(H,32,36). The van der Waals surface area contributed by atoms with E-state index >= 15 is 0 Å². The number of rotatable bonds is 6. The molecule has 4 rings (SSSR count). The molecule has 0 spiro atoms. The molecular weight excluding hydrogens is 496 g/mol. The van der Waals surface area contributed by atoms with Crippen molar-refractivity contribution < 1.29 is 23.9 Å². The van der Waals surface area contributed by atoms with Gasteiger partial charge in [0.05, 0.1) is 17.4 Å². The maximum Gasteiger partial charge on any atom is 0.410 e. The number of carbonyl (C=O) groups excluding carboxylic acids is 3. The first-order valence-electron chi connectivity index (χ1n) is 13.6. The van der Waals surface area contributed by atoms with E-state index in [4.69, 9.17) is 14.5 Å². The van der Waals surface area contributed by atoms with Crippen LogP contribution in [0.3, 0.4) is 0 Å². The molecule has 9 heteroatoms. The molecule has 2 aromatic carbocycles. The number of piperidine rings is 1. The van der Waals surface area contributed by atoms with Crippen molar-refractivity contribution in [2.24, 2.45) is 4.99 Å². The quantitative estimate of drug-likeness (QED) is 0.544. The van der Waals surface area contributed by atoms with Crippen LogP contribution in [0.5, 0.6) is 0 Å². The fraction of sp³-hybridized carbons (Fsp3) is 0.467. The van der Waals surface area contributed by atoms with Gasteiger partial charge in [-0.2, -0.15) is 0 Å². The van der Waals surface area contributed by atoms with Crippen LogP contribution in [-0.4, -0.2) is 59.6 Å². The molecule has 2 heterocycles. The molecule has 0 aliphatic carbocycles. The van der Waals surface area contributed by atoms with Gasteiger partial charge < -0.3 is 14.4 Å². The molecule has 0 radical (unpaired) electrons. The molecular formula is C30H38N4O5. The van der Waals surface area contributed by atoms with Gasteiger partial charge in [-0.15, -0.1) is 0 Å². The van der Waals surface area contributed by atoms with Crippen LogP contribution in [0.1, 0.15) is 64.5 Å². The van der Waals surface area contributed by atoms with Gasteiger partial charge in [-0.1, -0.05) is 55.5 Å². The number of anilines is 1. The molecule has 1 N–H and O–H groups in total. The molecule has 2 aliphatic heterocycles. The Balaban J connectivity index is 1.69. The molecule has 2 atom stereocenters. The van der Waals surface area contributed by atoms with E-state index in [0.717, 1.165) is 24.0 Å². The van der Waals surface area contributed by atoms with Crippen molar-refractivity contribution in [3.8, 4) is 0 Å². The van der Waals surface area contributed by atoms with Crippen molar-refractivity contribution in [2.45, 2.75) is 77.8 Å². The Morgan fingerprint density at radius 2 is 1.77 bits per heavy atom. The van der Waals surface area contributed by atoms with Gasteiger partial charge in [-0.05, 0) is 58.1 Å². The smallest absolute Gasteiger partial charge is 0.410 e. The van der Waals surface area contributed by atoms with Crippen molar-refractivity contribution >= 4 is 29.5 Å². The second kappa shape index (κ2) is 12.3. The minimum atomic E-state index is -1.20. The van der Waals surface area contributed by atoms with Gasteiger partial charge in [0, 0.05) is 18.7 Å². The first-order chi connectivity index (χ1) is 18.7. The van der Waals surface area contributed by atoms with Crippen LogP contribution in [0.4, 0.5) is 15.3 Å². The van der Waals surface area contributed by atoms with E-state index in [1.807, 2.05) is 82.3 Å². The highest BCUT2D eigenvalue weighted by molar-refractivity contribution is 6.15. The van der Waals surface area contributed by atoms with Gasteiger partial charge in [0.2, 0.25) is 6.17 Å². The summed E-state index contributed by atoms with van der Waals surface area (Å²) in [5, 5.41) is 2.68. The molecule has 3 amide bonds. The highest BCUT2D eigenvalue weighted by atomic mass is 16.6. The van der Waals surface area contributed by atoms with Gasteiger partial charge in [0.1, 0.15) is 12.2 Å². The molecule has 0 bridgehead atoms. The fourth-order valence-electron chi connectivity index (χ4n) is 4.90. The Morgan fingerprint density at radius 1 is 1.05 bits per heavy atom. The van der Waals surface area contributed by atoms with Gasteiger partial charge in [-0.3, -0.25) is 20.0 Å². The van der Waals surface area contributed by atoms with E-state index in [2.05, 4.69) is 5.32 Å². The third-order valence-electron chi connectivity index (χ3n) is 6.60. The average Bonchev–Trinajstić information content (AvgIpc) is 3.02. The number of para-hydroxylation sites is 1. The van der Waals surface area contributed by atoms with Gasteiger partial charge in [-0.25, -0.2) is 9.59 Å². The number of alkyl carbamates (subject to hydrolysis) is 1. The molecule has 1 fully saturated rings. The summed E-state index contributed by atoms with van der Waals surface area (Å²) in [6.07, 6.45) is 0.766. The lowest BCUT2D eigenvalue weighted by Gasteiger charge is -2.37. The Kier molecular flexibility index (Phi) is 8.89. The third kappa shape index (κ3) is 6.96. The number of nitrogens with one attached hydrogen (secondary N) is 1. The molecule has 2 unspecified atom stereocenters. The lowest BCUT2D eigenvalue weighted by atomic mass is 9.92. The van der Waals surface area contributed by atoms with E-state index in [0.29, 0.717) is 37.3 Å². The summed E-state index contributed by atoms with van der Waals surface area (Å²) >= 11 is 0. The summed E-state index contributed by atoms with van der Waals surface area (Å²) in [6.45, 7) is 8.55. The zero-order chi connectivity index (χ0) is 28.0. The van der Waals surface area contributed by atoms with Gasteiger partial charge >= 0.3 is 12.2 Å². The van der Waals surface area contributed by atoms with Gasteiger partial charge in [0.25, 0.3) is 5.91 Å². The van der Waals surface area contributed by atoms with Crippen LogP contribution < -0.4 is 10.2 Å². The average molecular weight is 535 g/mol. The third-order valence-corrected chi connectivity index (χ3v) is 6.60. The predicted octanol–water partition coefficient (Wildman–Crippen LogP) is 5.27. The van der Waals surface area contributed by atoms with Crippen molar-refractivity contribution in [3.05, 3.63) is 65.7 Å². The second-order valence-corrected chi connectivity index (χ2v) is 10.8. The maximum absolute atomic E-state index is 13.8. The monoisotopic (exact) mass is 534 g/mol. The van der Waals surface area contributed by atoms with Crippen molar-refractivity contribution in [2.75, 3.05) is 18.0 Å². The summed E-state index contributed by atoms with van der Waals surface area (Å²) in [5.41, 5.74) is 2.24. The molecule has 2 aromatic rings. The lowest BCUT2D eigenvalue weighted by Crippen LogP contribution is -2.51. The normalized spacial score (nSPS) is 19.5. The SMILES string of the molecule is CCCN1C(=O)C(NC(=O)OCc2ccccc2)N=C(C2CCCCN2C(=O)OC(C)(C)C)c2ccccc21. The van der Waals surface area contributed by atoms with Crippen LogP contribution in [0.15, 0.2) is 59.6 Å². The first-order valence-corrected chi connectivity index (χ1v) is 13.6. The van der Waals surface area contributed by atoms with E-state index in [-0.39, 0.29) is 12.5 Å². The number of amides is 3. The predicted molar refractivity (Wildman–Crippen MR) is 150 cm³/mol. The van der Waals surface area contributed by atoms with E-state index in [1.165, 1.54) is 0 Å². The number of hydrogen-bond acceptors (Lipinski definition) is 6. The van der Waals surface area contributed by atoms with E-state index in [1.54, 1.807) is 9.80 Å².